The standard InChI is InChI=1S/C13H19BrN2S/c1-4-16(8-9(2)3)12-6-5-10(14)7-11(12)13(15)17/h5-7,9H,4,8H2,1-3H3,(H2,15,17). The molecule has 0 aromatic heterocycles. The lowest BCUT2D eigenvalue weighted by atomic mass is 10.1. The number of thiocarbonyl (C=S) groups is 1. The summed E-state index contributed by atoms with van der Waals surface area (Å²) in [5.41, 5.74) is 7.85. The fourth-order valence-electron chi connectivity index (χ4n) is 1.82. The second-order valence-electron chi connectivity index (χ2n) is 4.46. The number of hydrogen-bond acceptors (Lipinski definition) is 2. The lowest BCUT2D eigenvalue weighted by Gasteiger charge is -2.27. The largest absolute Gasteiger partial charge is 0.389 e. The SMILES string of the molecule is CCN(CC(C)C)c1ccc(Br)cc1C(N)=S. The van der Waals surface area contributed by atoms with Gasteiger partial charge >= 0.3 is 0 Å². The van der Waals surface area contributed by atoms with Crippen LogP contribution in [-0.2, 0) is 0 Å². The average Bonchev–Trinajstić information content (AvgIpc) is 2.25. The molecule has 94 valence electrons. The first-order valence-electron chi connectivity index (χ1n) is 5.80. The predicted octanol–water partition coefficient (Wildman–Crippen LogP) is 3.57. The molecule has 0 bridgehead atoms. The fourth-order valence-corrected chi connectivity index (χ4v) is 2.34. The summed E-state index contributed by atoms with van der Waals surface area (Å²) >= 11 is 8.57. The van der Waals surface area contributed by atoms with Crippen molar-refractivity contribution in [3.05, 3.63) is 28.2 Å². The maximum atomic E-state index is 5.79. The summed E-state index contributed by atoms with van der Waals surface area (Å²) in [5, 5.41) is 0. The van der Waals surface area contributed by atoms with Crippen molar-refractivity contribution in [2.75, 3.05) is 18.0 Å². The normalized spacial score (nSPS) is 10.6. The zero-order chi connectivity index (χ0) is 13.0. The van der Waals surface area contributed by atoms with Gasteiger partial charge in [0.25, 0.3) is 0 Å². The number of halogens is 1. The van der Waals surface area contributed by atoms with Gasteiger partial charge < -0.3 is 10.6 Å². The summed E-state index contributed by atoms with van der Waals surface area (Å²) in [4.78, 5) is 2.76. The van der Waals surface area contributed by atoms with E-state index in [1.807, 2.05) is 12.1 Å². The summed E-state index contributed by atoms with van der Waals surface area (Å²) in [6, 6.07) is 6.09. The molecular formula is C13H19BrN2S. The van der Waals surface area contributed by atoms with Gasteiger partial charge in [-0.3, -0.25) is 0 Å². The summed E-state index contributed by atoms with van der Waals surface area (Å²) < 4.78 is 1.00. The minimum Gasteiger partial charge on any atom is -0.389 e. The van der Waals surface area contributed by atoms with E-state index in [0.29, 0.717) is 10.9 Å². The highest BCUT2D eigenvalue weighted by Gasteiger charge is 2.13. The third-order valence-electron chi connectivity index (χ3n) is 2.53. The Hall–Kier alpha value is -0.610. The van der Waals surface area contributed by atoms with Gasteiger partial charge in [0.2, 0.25) is 0 Å². The van der Waals surface area contributed by atoms with Crippen molar-refractivity contribution in [2.24, 2.45) is 11.7 Å². The van der Waals surface area contributed by atoms with Crippen LogP contribution < -0.4 is 10.6 Å². The molecule has 0 aliphatic carbocycles. The van der Waals surface area contributed by atoms with E-state index in [2.05, 4.69) is 47.7 Å². The molecule has 0 saturated carbocycles. The Bertz CT molecular complexity index is 404. The quantitative estimate of drug-likeness (QED) is 0.842. The van der Waals surface area contributed by atoms with Crippen molar-refractivity contribution in [2.45, 2.75) is 20.8 Å². The molecule has 1 aromatic rings. The Morgan fingerprint density at radius 2 is 2.12 bits per heavy atom. The molecule has 0 unspecified atom stereocenters. The van der Waals surface area contributed by atoms with Crippen LogP contribution in [0.25, 0.3) is 0 Å². The Morgan fingerprint density at radius 3 is 2.59 bits per heavy atom. The highest BCUT2D eigenvalue weighted by Crippen LogP contribution is 2.25. The van der Waals surface area contributed by atoms with Crippen LogP contribution >= 0.6 is 28.1 Å². The molecule has 0 aliphatic rings. The Morgan fingerprint density at radius 1 is 1.47 bits per heavy atom. The number of benzene rings is 1. The molecule has 2 N–H and O–H groups in total. The van der Waals surface area contributed by atoms with Gasteiger partial charge in [0.15, 0.2) is 0 Å². The third kappa shape index (κ3) is 3.96. The molecule has 0 heterocycles. The molecule has 0 atom stereocenters. The van der Waals surface area contributed by atoms with E-state index in [4.69, 9.17) is 18.0 Å². The van der Waals surface area contributed by atoms with Gasteiger partial charge in [0, 0.05) is 28.8 Å². The van der Waals surface area contributed by atoms with E-state index in [9.17, 15) is 0 Å². The zero-order valence-electron chi connectivity index (χ0n) is 10.5. The first kappa shape index (κ1) is 14.5. The van der Waals surface area contributed by atoms with Crippen molar-refractivity contribution in [3.8, 4) is 0 Å². The summed E-state index contributed by atoms with van der Waals surface area (Å²) in [5.74, 6) is 0.609. The molecule has 17 heavy (non-hydrogen) atoms. The number of nitrogens with two attached hydrogens (primary N) is 1. The molecule has 1 rings (SSSR count). The topological polar surface area (TPSA) is 29.3 Å². The minimum atomic E-state index is 0.448. The lowest BCUT2D eigenvalue weighted by Crippen LogP contribution is -2.29. The number of hydrogen-bond donors (Lipinski definition) is 1. The van der Waals surface area contributed by atoms with E-state index in [-0.39, 0.29) is 0 Å². The molecule has 0 spiro atoms. The van der Waals surface area contributed by atoms with Crippen LogP contribution in [-0.4, -0.2) is 18.1 Å². The molecule has 0 fully saturated rings. The Labute approximate surface area is 117 Å². The van der Waals surface area contributed by atoms with Crippen LogP contribution in [0, 0.1) is 5.92 Å². The van der Waals surface area contributed by atoms with Crippen LogP contribution in [0.1, 0.15) is 26.3 Å². The highest BCUT2D eigenvalue weighted by molar-refractivity contribution is 9.10. The van der Waals surface area contributed by atoms with Crippen molar-refractivity contribution in [1.29, 1.82) is 0 Å². The van der Waals surface area contributed by atoms with Gasteiger partial charge in [-0.15, -0.1) is 0 Å². The molecule has 2 nitrogen and oxygen atoms in total. The number of anilines is 1. The van der Waals surface area contributed by atoms with Crippen molar-refractivity contribution in [1.82, 2.24) is 0 Å². The Kier molecular flexibility index (Phi) is 5.40. The van der Waals surface area contributed by atoms with Crippen LogP contribution in [0.3, 0.4) is 0 Å². The summed E-state index contributed by atoms with van der Waals surface area (Å²) in [7, 11) is 0. The molecule has 0 radical (unpaired) electrons. The van der Waals surface area contributed by atoms with E-state index in [1.54, 1.807) is 0 Å². The van der Waals surface area contributed by atoms with E-state index in [0.717, 1.165) is 28.8 Å². The van der Waals surface area contributed by atoms with Gasteiger partial charge in [-0.05, 0) is 31.0 Å². The molecule has 0 aliphatic heterocycles. The van der Waals surface area contributed by atoms with Gasteiger partial charge in [-0.1, -0.05) is 42.0 Å². The monoisotopic (exact) mass is 314 g/mol. The fraction of sp³-hybridized carbons (Fsp3) is 0.462. The first-order valence-corrected chi connectivity index (χ1v) is 7.00. The predicted molar refractivity (Wildman–Crippen MR) is 82.8 cm³/mol. The maximum absolute atomic E-state index is 5.79. The van der Waals surface area contributed by atoms with Gasteiger partial charge in [0.05, 0.1) is 0 Å². The van der Waals surface area contributed by atoms with E-state index < -0.39 is 0 Å². The van der Waals surface area contributed by atoms with Gasteiger partial charge in [-0.2, -0.15) is 0 Å². The Balaban J connectivity index is 3.14. The summed E-state index contributed by atoms with van der Waals surface area (Å²) in [6.45, 7) is 8.53. The van der Waals surface area contributed by atoms with Crippen LogP contribution in [0.4, 0.5) is 5.69 Å². The maximum Gasteiger partial charge on any atom is 0.106 e. The van der Waals surface area contributed by atoms with Crippen LogP contribution in [0.5, 0.6) is 0 Å². The van der Waals surface area contributed by atoms with Crippen molar-refractivity contribution >= 4 is 38.8 Å². The van der Waals surface area contributed by atoms with Crippen LogP contribution in [0.15, 0.2) is 22.7 Å². The van der Waals surface area contributed by atoms with E-state index in [1.165, 1.54) is 0 Å². The highest BCUT2D eigenvalue weighted by atomic mass is 79.9. The van der Waals surface area contributed by atoms with Gasteiger partial charge in [0.1, 0.15) is 4.99 Å². The minimum absolute atomic E-state index is 0.448. The second kappa shape index (κ2) is 6.36. The number of nitrogens with zero attached hydrogens (tertiary/aromatic N) is 1. The van der Waals surface area contributed by atoms with Crippen molar-refractivity contribution in [3.63, 3.8) is 0 Å². The molecular weight excluding hydrogens is 296 g/mol. The summed E-state index contributed by atoms with van der Waals surface area (Å²) in [6.07, 6.45) is 0. The molecule has 0 amide bonds. The molecule has 0 saturated heterocycles. The smallest absolute Gasteiger partial charge is 0.106 e. The van der Waals surface area contributed by atoms with E-state index >= 15 is 0 Å². The van der Waals surface area contributed by atoms with Gasteiger partial charge in [-0.25, -0.2) is 0 Å². The third-order valence-corrected chi connectivity index (χ3v) is 3.25. The first-order chi connectivity index (χ1) is 7.95. The van der Waals surface area contributed by atoms with Crippen molar-refractivity contribution < 1.29 is 0 Å². The zero-order valence-corrected chi connectivity index (χ0v) is 12.9. The average molecular weight is 315 g/mol. The second-order valence-corrected chi connectivity index (χ2v) is 5.81. The number of rotatable bonds is 5. The van der Waals surface area contributed by atoms with Crippen LogP contribution in [0.2, 0.25) is 0 Å². The molecule has 1 aromatic carbocycles. The lowest BCUT2D eigenvalue weighted by molar-refractivity contribution is 0.618. The molecule has 4 heteroatoms.